The van der Waals surface area contributed by atoms with Gasteiger partial charge < -0.3 is 0 Å². The van der Waals surface area contributed by atoms with Crippen molar-refractivity contribution in [3.05, 3.63) is 40.7 Å². The molecular formula is C10H7F3O. The van der Waals surface area contributed by atoms with E-state index >= 15 is 0 Å². The molecular weight excluding hydrogens is 193 g/mol. The molecule has 0 fully saturated rings. The lowest BCUT2D eigenvalue weighted by molar-refractivity contribution is -0.104. The summed E-state index contributed by atoms with van der Waals surface area (Å²) in [5, 5.41) is 0. The van der Waals surface area contributed by atoms with E-state index in [0.717, 1.165) is 19.1 Å². The van der Waals surface area contributed by atoms with Crippen molar-refractivity contribution in [2.24, 2.45) is 0 Å². The standard InChI is InChI=1S/C10H7F3O/c1-6-9(12)7(3-2-4-14)5-8(11)10(6)13/h2-5H,1H3. The number of benzene rings is 1. The monoisotopic (exact) mass is 200 g/mol. The zero-order chi connectivity index (χ0) is 10.7. The van der Waals surface area contributed by atoms with Gasteiger partial charge in [-0.25, -0.2) is 13.2 Å². The van der Waals surface area contributed by atoms with Crippen molar-refractivity contribution >= 4 is 12.4 Å². The molecule has 1 rings (SSSR count). The smallest absolute Gasteiger partial charge is 0.164 e. The molecule has 14 heavy (non-hydrogen) atoms. The van der Waals surface area contributed by atoms with Crippen LogP contribution in [0.25, 0.3) is 6.08 Å². The normalized spacial score (nSPS) is 10.9. The van der Waals surface area contributed by atoms with E-state index in [1.54, 1.807) is 0 Å². The van der Waals surface area contributed by atoms with Gasteiger partial charge in [-0.3, -0.25) is 4.79 Å². The molecule has 0 aliphatic heterocycles. The van der Waals surface area contributed by atoms with Gasteiger partial charge in [-0.05, 0) is 25.1 Å². The van der Waals surface area contributed by atoms with Gasteiger partial charge in [-0.2, -0.15) is 0 Å². The van der Waals surface area contributed by atoms with Gasteiger partial charge in [0.05, 0.1) is 0 Å². The van der Waals surface area contributed by atoms with Crippen LogP contribution in [0.3, 0.4) is 0 Å². The Morgan fingerprint density at radius 3 is 2.43 bits per heavy atom. The van der Waals surface area contributed by atoms with Gasteiger partial charge >= 0.3 is 0 Å². The second kappa shape index (κ2) is 4.09. The highest BCUT2D eigenvalue weighted by Crippen LogP contribution is 2.20. The van der Waals surface area contributed by atoms with Crippen LogP contribution in [0.2, 0.25) is 0 Å². The molecule has 1 aromatic carbocycles. The van der Waals surface area contributed by atoms with Crippen molar-refractivity contribution in [3.8, 4) is 0 Å². The minimum absolute atomic E-state index is 0.145. The summed E-state index contributed by atoms with van der Waals surface area (Å²) in [5.74, 6) is -3.19. The lowest BCUT2D eigenvalue weighted by Gasteiger charge is -2.03. The first-order valence-corrected chi connectivity index (χ1v) is 3.84. The maximum atomic E-state index is 13.2. The van der Waals surface area contributed by atoms with E-state index in [1.165, 1.54) is 0 Å². The molecule has 0 N–H and O–H groups in total. The molecule has 0 atom stereocenters. The van der Waals surface area contributed by atoms with Gasteiger partial charge in [-0.1, -0.05) is 0 Å². The highest BCUT2D eigenvalue weighted by Gasteiger charge is 2.13. The molecule has 1 aromatic rings. The minimum atomic E-state index is -1.20. The molecule has 0 bridgehead atoms. The Bertz CT molecular complexity index is 397. The van der Waals surface area contributed by atoms with Gasteiger partial charge in [0.2, 0.25) is 0 Å². The second-order valence-electron chi connectivity index (χ2n) is 2.70. The molecule has 0 heterocycles. The predicted octanol–water partition coefficient (Wildman–Crippen LogP) is 2.62. The molecule has 0 aliphatic rings. The van der Waals surface area contributed by atoms with Crippen molar-refractivity contribution in [2.45, 2.75) is 6.92 Å². The van der Waals surface area contributed by atoms with Gasteiger partial charge in [0, 0.05) is 11.1 Å². The Balaban J connectivity index is 3.32. The number of rotatable bonds is 2. The zero-order valence-electron chi connectivity index (χ0n) is 7.35. The van der Waals surface area contributed by atoms with Crippen LogP contribution in [0, 0.1) is 24.4 Å². The SMILES string of the molecule is Cc1c(F)c(F)cc(C=CC=O)c1F. The summed E-state index contributed by atoms with van der Waals surface area (Å²) in [6, 6.07) is 0.706. The number of halogens is 3. The molecule has 4 heteroatoms. The Kier molecular flexibility index (Phi) is 3.06. The van der Waals surface area contributed by atoms with Gasteiger partial charge in [0.15, 0.2) is 11.6 Å². The summed E-state index contributed by atoms with van der Waals surface area (Å²) in [6.07, 6.45) is 2.52. The summed E-state index contributed by atoms with van der Waals surface area (Å²) >= 11 is 0. The number of aldehydes is 1. The maximum absolute atomic E-state index is 13.2. The van der Waals surface area contributed by atoms with Gasteiger partial charge in [-0.15, -0.1) is 0 Å². The van der Waals surface area contributed by atoms with Gasteiger partial charge in [0.25, 0.3) is 0 Å². The Hall–Kier alpha value is -1.58. The van der Waals surface area contributed by atoms with Crippen LogP contribution in [-0.2, 0) is 4.79 Å². The van der Waals surface area contributed by atoms with Crippen LogP contribution >= 0.6 is 0 Å². The third-order valence-corrected chi connectivity index (χ3v) is 1.76. The summed E-state index contributed by atoms with van der Waals surface area (Å²) in [5.41, 5.74) is -0.538. The Labute approximate surface area is 78.9 Å². The highest BCUT2D eigenvalue weighted by atomic mass is 19.2. The summed E-state index contributed by atoms with van der Waals surface area (Å²) in [7, 11) is 0. The summed E-state index contributed by atoms with van der Waals surface area (Å²) in [6.45, 7) is 1.13. The molecule has 1 nitrogen and oxygen atoms in total. The van der Waals surface area contributed by atoms with Crippen LogP contribution in [-0.4, -0.2) is 6.29 Å². The fourth-order valence-corrected chi connectivity index (χ4v) is 1.02. The van der Waals surface area contributed by atoms with Crippen molar-refractivity contribution < 1.29 is 18.0 Å². The maximum Gasteiger partial charge on any atom is 0.164 e. The van der Waals surface area contributed by atoms with Crippen LogP contribution in [0.4, 0.5) is 13.2 Å². The zero-order valence-corrected chi connectivity index (χ0v) is 7.35. The number of carbonyl (C=O) groups excluding carboxylic acids is 1. The van der Waals surface area contributed by atoms with Crippen molar-refractivity contribution in [1.29, 1.82) is 0 Å². The van der Waals surface area contributed by atoms with E-state index in [9.17, 15) is 18.0 Å². The van der Waals surface area contributed by atoms with Crippen LogP contribution in [0.5, 0.6) is 0 Å². The lowest BCUT2D eigenvalue weighted by Crippen LogP contribution is -1.96. The van der Waals surface area contributed by atoms with E-state index in [2.05, 4.69) is 0 Å². The van der Waals surface area contributed by atoms with Crippen molar-refractivity contribution in [2.75, 3.05) is 0 Å². The largest absolute Gasteiger partial charge is 0.299 e. The fraction of sp³-hybridized carbons (Fsp3) is 0.100. The first kappa shape index (κ1) is 10.5. The second-order valence-corrected chi connectivity index (χ2v) is 2.70. The molecule has 0 amide bonds. The minimum Gasteiger partial charge on any atom is -0.299 e. The number of hydrogen-bond acceptors (Lipinski definition) is 1. The average molecular weight is 200 g/mol. The van der Waals surface area contributed by atoms with E-state index in [4.69, 9.17) is 0 Å². The quantitative estimate of drug-likeness (QED) is 0.407. The average Bonchev–Trinajstić information content (AvgIpc) is 2.18. The summed E-state index contributed by atoms with van der Waals surface area (Å²) in [4.78, 5) is 9.95. The van der Waals surface area contributed by atoms with E-state index in [1.807, 2.05) is 0 Å². The topological polar surface area (TPSA) is 17.1 Å². The Morgan fingerprint density at radius 2 is 1.86 bits per heavy atom. The first-order valence-electron chi connectivity index (χ1n) is 3.84. The molecule has 0 radical (unpaired) electrons. The predicted molar refractivity (Wildman–Crippen MR) is 46.2 cm³/mol. The van der Waals surface area contributed by atoms with E-state index < -0.39 is 23.0 Å². The summed E-state index contributed by atoms with van der Waals surface area (Å²) < 4.78 is 38.8. The van der Waals surface area contributed by atoms with Gasteiger partial charge in [0.1, 0.15) is 12.1 Å². The molecule has 0 spiro atoms. The van der Waals surface area contributed by atoms with Crippen molar-refractivity contribution in [3.63, 3.8) is 0 Å². The lowest BCUT2D eigenvalue weighted by atomic mass is 10.1. The van der Waals surface area contributed by atoms with Crippen molar-refractivity contribution in [1.82, 2.24) is 0 Å². The molecule has 0 unspecified atom stereocenters. The molecule has 0 aliphatic carbocycles. The number of allylic oxidation sites excluding steroid dienone is 1. The Morgan fingerprint density at radius 1 is 1.21 bits per heavy atom. The van der Waals surface area contributed by atoms with E-state index in [0.29, 0.717) is 12.4 Å². The first-order chi connectivity index (χ1) is 6.57. The van der Waals surface area contributed by atoms with E-state index in [-0.39, 0.29) is 5.56 Å². The highest BCUT2D eigenvalue weighted by molar-refractivity contribution is 5.74. The third kappa shape index (κ3) is 1.84. The molecule has 74 valence electrons. The van der Waals surface area contributed by atoms with Crippen LogP contribution in [0.1, 0.15) is 11.1 Å². The molecule has 0 saturated heterocycles. The number of hydrogen-bond donors (Lipinski definition) is 0. The third-order valence-electron chi connectivity index (χ3n) is 1.76. The van der Waals surface area contributed by atoms with Crippen LogP contribution in [0.15, 0.2) is 12.1 Å². The fourth-order valence-electron chi connectivity index (χ4n) is 1.02. The molecule has 0 saturated carbocycles. The van der Waals surface area contributed by atoms with Crippen LogP contribution < -0.4 is 0 Å². The number of carbonyl (C=O) groups is 1. The molecule has 0 aromatic heterocycles.